The lowest BCUT2D eigenvalue weighted by Crippen LogP contribution is -2.42. The van der Waals surface area contributed by atoms with E-state index < -0.39 is 0 Å². The summed E-state index contributed by atoms with van der Waals surface area (Å²) in [5, 5.41) is 12.3. The van der Waals surface area contributed by atoms with Crippen LogP contribution in [0.15, 0.2) is 60.7 Å². The number of fused-ring (bicyclic) bond motifs is 1. The van der Waals surface area contributed by atoms with Crippen LogP contribution in [-0.4, -0.2) is 41.3 Å². The van der Waals surface area contributed by atoms with Crippen molar-refractivity contribution < 1.29 is 0 Å². The number of hydrogen-bond donors (Lipinski definition) is 3. The van der Waals surface area contributed by atoms with Crippen molar-refractivity contribution in [3.05, 3.63) is 83.0 Å². The molecule has 5 rings (SSSR count). The molecule has 2 heterocycles. The second kappa shape index (κ2) is 11.1. The van der Waals surface area contributed by atoms with Gasteiger partial charge in [-0.2, -0.15) is 5.10 Å². The summed E-state index contributed by atoms with van der Waals surface area (Å²) in [6, 6.07) is 21.1. The Kier molecular flexibility index (Phi) is 7.78. The molecule has 0 atom stereocenters. The SMILES string of the molecule is CC.Cc1c(-c2cccc(N)c2)ccc2[nH]nc(/C=C/c3cccc(CN4CCNCC4)c3)c12. The number of nitrogens with zero attached hydrogens (tertiary/aromatic N) is 2. The molecule has 5 heteroatoms. The Bertz CT molecular complexity index is 1260. The van der Waals surface area contributed by atoms with E-state index in [1.807, 2.05) is 32.0 Å². The second-order valence-electron chi connectivity index (χ2n) is 8.50. The molecule has 5 nitrogen and oxygen atoms in total. The van der Waals surface area contributed by atoms with Crippen LogP contribution in [0.1, 0.15) is 36.2 Å². The minimum Gasteiger partial charge on any atom is -0.399 e. The van der Waals surface area contributed by atoms with E-state index in [4.69, 9.17) is 5.73 Å². The Labute approximate surface area is 202 Å². The molecule has 1 aliphatic rings. The summed E-state index contributed by atoms with van der Waals surface area (Å²) < 4.78 is 0. The maximum atomic E-state index is 6.02. The molecule has 0 aliphatic carbocycles. The highest BCUT2D eigenvalue weighted by Gasteiger charge is 2.12. The van der Waals surface area contributed by atoms with Crippen molar-refractivity contribution in [2.75, 3.05) is 31.9 Å². The highest BCUT2D eigenvalue weighted by Crippen LogP contribution is 2.32. The van der Waals surface area contributed by atoms with Crippen molar-refractivity contribution in [3.8, 4) is 11.1 Å². The van der Waals surface area contributed by atoms with Gasteiger partial charge in [0.05, 0.1) is 11.2 Å². The molecule has 1 aromatic heterocycles. The number of anilines is 1. The fraction of sp³-hybridized carbons (Fsp3) is 0.276. The first-order chi connectivity index (χ1) is 16.7. The minimum absolute atomic E-state index is 0.773. The van der Waals surface area contributed by atoms with Crippen molar-refractivity contribution in [2.45, 2.75) is 27.3 Å². The molecule has 1 aliphatic heterocycles. The van der Waals surface area contributed by atoms with Gasteiger partial charge in [-0.1, -0.05) is 62.4 Å². The summed E-state index contributed by atoms with van der Waals surface area (Å²) in [7, 11) is 0. The van der Waals surface area contributed by atoms with Gasteiger partial charge in [0.25, 0.3) is 0 Å². The largest absolute Gasteiger partial charge is 0.399 e. The average molecular weight is 454 g/mol. The van der Waals surface area contributed by atoms with Gasteiger partial charge in [0.2, 0.25) is 0 Å². The van der Waals surface area contributed by atoms with E-state index in [9.17, 15) is 0 Å². The lowest BCUT2D eigenvalue weighted by Gasteiger charge is -2.27. The number of rotatable bonds is 5. The lowest BCUT2D eigenvalue weighted by atomic mass is 9.96. The number of hydrogen-bond acceptors (Lipinski definition) is 4. The van der Waals surface area contributed by atoms with Crippen molar-refractivity contribution in [2.24, 2.45) is 0 Å². The van der Waals surface area contributed by atoms with Crippen molar-refractivity contribution >= 4 is 28.7 Å². The second-order valence-corrected chi connectivity index (χ2v) is 8.50. The number of aromatic nitrogens is 2. The van der Waals surface area contributed by atoms with Crippen LogP contribution in [-0.2, 0) is 6.54 Å². The standard InChI is InChI=1S/C27H29N5.C2H6/c1-19-24(22-6-3-7-23(28)17-22)9-11-26-27(19)25(30-31-26)10-8-20-4-2-5-21(16-20)18-32-14-12-29-13-15-32;1-2/h2-11,16-17,29H,12-15,18,28H2,1H3,(H,30,31);1-2H3/b10-8+;. The Morgan fingerprint density at radius 2 is 1.76 bits per heavy atom. The number of aromatic amines is 1. The van der Waals surface area contributed by atoms with Gasteiger partial charge in [-0.3, -0.25) is 10.00 Å². The van der Waals surface area contributed by atoms with Crippen molar-refractivity contribution in [1.29, 1.82) is 0 Å². The minimum atomic E-state index is 0.773. The highest BCUT2D eigenvalue weighted by molar-refractivity contribution is 5.96. The van der Waals surface area contributed by atoms with E-state index >= 15 is 0 Å². The molecule has 0 bridgehead atoms. The lowest BCUT2D eigenvalue weighted by molar-refractivity contribution is 0.233. The number of benzene rings is 3. The van der Waals surface area contributed by atoms with Gasteiger partial charge in [-0.25, -0.2) is 0 Å². The number of nitrogens with one attached hydrogen (secondary N) is 2. The summed E-state index contributed by atoms with van der Waals surface area (Å²) in [6.45, 7) is 11.5. The third-order valence-electron chi connectivity index (χ3n) is 6.22. The zero-order valence-corrected chi connectivity index (χ0v) is 20.4. The van der Waals surface area contributed by atoms with Crippen LogP contribution in [0, 0.1) is 6.92 Å². The van der Waals surface area contributed by atoms with E-state index in [0.29, 0.717) is 0 Å². The molecular weight excluding hydrogens is 418 g/mol. The molecule has 1 saturated heterocycles. The quantitative estimate of drug-likeness (QED) is 0.338. The van der Waals surface area contributed by atoms with Crippen LogP contribution >= 0.6 is 0 Å². The van der Waals surface area contributed by atoms with E-state index in [1.165, 1.54) is 22.3 Å². The van der Waals surface area contributed by atoms with Crippen LogP contribution in [0.25, 0.3) is 34.2 Å². The molecule has 3 aromatic carbocycles. The van der Waals surface area contributed by atoms with Crippen LogP contribution in [0.2, 0.25) is 0 Å². The molecule has 4 N–H and O–H groups in total. The topological polar surface area (TPSA) is 70.0 Å². The summed E-state index contributed by atoms with van der Waals surface area (Å²) in [4.78, 5) is 2.50. The van der Waals surface area contributed by atoms with E-state index in [1.54, 1.807) is 0 Å². The number of aryl methyl sites for hydroxylation is 1. The summed E-state index contributed by atoms with van der Waals surface area (Å²) in [5.74, 6) is 0. The number of nitrogen functional groups attached to an aromatic ring is 1. The predicted octanol–water partition coefficient (Wildman–Crippen LogP) is 5.72. The molecule has 0 amide bonds. The first-order valence-electron chi connectivity index (χ1n) is 12.2. The van der Waals surface area contributed by atoms with Crippen LogP contribution in [0.3, 0.4) is 0 Å². The molecule has 0 spiro atoms. The van der Waals surface area contributed by atoms with Gasteiger partial charge >= 0.3 is 0 Å². The Morgan fingerprint density at radius 3 is 2.56 bits per heavy atom. The number of H-pyrrole nitrogens is 1. The molecule has 0 saturated carbocycles. The van der Waals surface area contributed by atoms with Gasteiger partial charge in [0.15, 0.2) is 0 Å². The summed E-state index contributed by atoms with van der Waals surface area (Å²) in [5.41, 5.74) is 14.8. The van der Waals surface area contributed by atoms with Gasteiger partial charge in [0.1, 0.15) is 0 Å². The van der Waals surface area contributed by atoms with Gasteiger partial charge in [0, 0.05) is 43.8 Å². The first kappa shape index (κ1) is 23.7. The Morgan fingerprint density at radius 1 is 0.971 bits per heavy atom. The van der Waals surface area contributed by atoms with Gasteiger partial charge < -0.3 is 11.1 Å². The van der Waals surface area contributed by atoms with Crippen molar-refractivity contribution in [3.63, 3.8) is 0 Å². The monoisotopic (exact) mass is 453 g/mol. The van der Waals surface area contributed by atoms with Gasteiger partial charge in [-0.05, 0) is 59.0 Å². The number of nitrogens with two attached hydrogens (primary N) is 1. The normalized spacial score (nSPS) is 14.3. The summed E-state index contributed by atoms with van der Waals surface area (Å²) >= 11 is 0. The molecule has 34 heavy (non-hydrogen) atoms. The molecular formula is C29H35N5. The van der Waals surface area contributed by atoms with E-state index in [2.05, 4.69) is 82.0 Å². The number of piperazine rings is 1. The van der Waals surface area contributed by atoms with Crippen LogP contribution in [0.4, 0.5) is 5.69 Å². The van der Waals surface area contributed by atoms with E-state index in [0.717, 1.165) is 60.6 Å². The zero-order valence-electron chi connectivity index (χ0n) is 20.4. The summed E-state index contributed by atoms with van der Waals surface area (Å²) in [6.07, 6.45) is 4.27. The molecule has 0 unspecified atom stereocenters. The average Bonchev–Trinajstić information content (AvgIpc) is 3.29. The highest BCUT2D eigenvalue weighted by atomic mass is 15.2. The Balaban J connectivity index is 0.00000133. The molecule has 4 aromatic rings. The van der Waals surface area contributed by atoms with Crippen LogP contribution < -0.4 is 11.1 Å². The van der Waals surface area contributed by atoms with Crippen LogP contribution in [0.5, 0.6) is 0 Å². The molecule has 1 fully saturated rings. The maximum Gasteiger partial charge on any atom is 0.0930 e. The first-order valence-corrected chi connectivity index (χ1v) is 12.2. The predicted molar refractivity (Wildman–Crippen MR) is 146 cm³/mol. The zero-order chi connectivity index (χ0) is 23.9. The molecule has 0 radical (unpaired) electrons. The maximum absolute atomic E-state index is 6.02. The van der Waals surface area contributed by atoms with E-state index in [-0.39, 0.29) is 0 Å². The third-order valence-corrected chi connectivity index (χ3v) is 6.22. The Hall–Kier alpha value is -3.41. The van der Waals surface area contributed by atoms with Gasteiger partial charge in [-0.15, -0.1) is 0 Å². The molecule has 176 valence electrons. The fourth-order valence-electron chi connectivity index (χ4n) is 4.55. The fourth-order valence-corrected chi connectivity index (χ4v) is 4.55. The third kappa shape index (κ3) is 5.38. The smallest absolute Gasteiger partial charge is 0.0930 e. The van der Waals surface area contributed by atoms with Crippen molar-refractivity contribution in [1.82, 2.24) is 20.4 Å².